The molecule has 0 aromatic heterocycles. The minimum absolute atomic E-state index is 0.0794. The van der Waals surface area contributed by atoms with Gasteiger partial charge in [-0.1, -0.05) is 18.2 Å². The lowest BCUT2D eigenvalue weighted by molar-refractivity contribution is -0.137. The van der Waals surface area contributed by atoms with Crippen LogP contribution in [0.5, 0.6) is 0 Å². The zero-order valence-electron chi connectivity index (χ0n) is 12.7. The molecule has 0 spiro atoms. The largest absolute Gasteiger partial charge is 0.468 e. The number of sulfone groups is 1. The molecular formula is C14H19NO6S2. The van der Waals surface area contributed by atoms with E-state index in [-0.39, 0.29) is 30.8 Å². The number of benzene rings is 1. The van der Waals surface area contributed by atoms with Crippen LogP contribution in [-0.2, 0) is 29.4 Å². The third-order valence-electron chi connectivity index (χ3n) is 3.83. The summed E-state index contributed by atoms with van der Waals surface area (Å²) < 4.78 is 54.7. The molecule has 1 heterocycles. The van der Waals surface area contributed by atoms with Crippen molar-refractivity contribution in [2.24, 2.45) is 0 Å². The van der Waals surface area contributed by atoms with E-state index < -0.39 is 36.8 Å². The first kappa shape index (κ1) is 17.9. The molecule has 0 aliphatic carbocycles. The van der Waals surface area contributed by atoms with Crippen molar-refractivity contribution in [3.8, 4) is 0 Å². The van der Waals surface area contributed by atoms with Crippen LogP contribution in [0.15, 0.2) is 35.2 Å². The summed E-state index contributed by atoms with van der Waals surface area (Å²) in [5.41, 5.74) is 0. The number of hydrogen-bond acceptors (Lipinski definition) is 6. The minimum Gasteiger partial charge on any atom is -0.468 e. The van der Waals surface area contributed by atoms with E-state index in [0.29, 0.717) is 0 Å². The topological polar surface area (TPSA) is 97.8 Å². The standard InChI is InChI=1S/C14H19NO6S2/c1-21-14(16)11-22(17,18)15-9-7-13(8-10-15)23(19,20)12-5-3-2-4-6-12/h2-6,13H,7-11H2,1H3. The Morgan fingerprint density at radius 1 is 1.13 bits per heavy atom. The van der Waals surface area contributed by atoms with Gasteiger partial charge in [-0.05, 0) is 25.0 Å². The Morgan fingerprint density at radius 2 is 1.70 bits per heavy atom. The van der Waals surface area contributed by atoms with Gasteiger partial charge in [0.1, 0.15) is 0 Å². The highest BCUT2D eigenvalue weighted by molar-refractivity contribution is 7.92. The van der Waals surface area contributed by atoms with Crippen LogP contribution in [0, 0.1) is 0 Å². The van der Waals surface area contributed by atoms with Crippen molar-refractivity contribution in [2.75, 3.05) is 26.0 Å². The minimum atomic E-state index is -3.76. The zero-order valence-corrected chi connectivity index (χ0v) is 14.3. The summed E-state index contributed by atoms with van der Waals surface area (Å²) in [4.78, 5) is 11.4. The average molecular weight is 361 g/mol. The lowest BCUT2D eigenvalue weighted by atomic mass is 10.2. The number of carbonyl (C=O) groups is 1. The normalized spacial score (nSPS) is 17.8. The van der Waals surface area contributed by atoms with Crippen molar-refractivity contribution in [1.82, 2.24) is 4.31 Å². The van der Waals surface area contributed by atoms with Crippen LogP contribution >= 0.6 is 0 Å². The van der Waals surface area contributed by atoms with Gasteiger partial charge in [-0.15, -0.1) is 0 Å². The van der Waals surface area contributed by atoms with Gasteiger partial charge >= 0.3 is 5.97 Å². The summed E-state index contributed by atoms with van der Waals surface area (Å²) in [6, 6.07) is 8.12. The molecule has 0 radical (unpaired) electrons. The second-order valence-electron chi connectivity index (χ2n) is 5.29. The molecule has 0 bridgehead atoms. The van der Waals surface area contributed by atoms with Crippen molar-refractivity contribution in [3.05, 3.63) is 30.3 Å². The summed E-state index contributed by atoms with van der Waals surface area (Å²) >= 11 is 0. The summed E-state index contributed by atoms with van der Waals surface area (Å²) in [7, 11) is -6.11. The Kier molecular flexibility index (Phi) is 5.43. The number of rotatable bonds is 5. The Hall–Kier alpha value is -1.45. The fourth-order valence-corrected chi connectivity index (χ4v) is 5.64. The second kappa shape index (κ2) is 6.98. The van der Waals surface area contributed by atoms with Crippen LogP contribution in [0.1, 0.15) is 12.8 Å². The number of sulfonamides is 1. The highest BCUT2D eigenvalue weighted by atomic mass is 32.2. The summed E-state index contributed by atoms with van der Waals surface area (Å²) in [6.45, 7) is 0.159. The van der Waals surface area contributed by atoms with Gasteiger partial charge < -0.3 is 4.74 Å². The van der Waals surface area contributed by atoms with E-state index >= 15 is 0 Å². The first-order valence-electron chi connectivity index (χ1n) is 7.11. The van der Waals surface area contributed by atoms with Crippen LogP contribution in [0.2, 0.25) is 0 Å². The molecule has 1 saturated heterocycles. The molecule has 2 rings (SSSR count). The molecule has 128 valence electrons. The van der Waals surface area contributed by atoms with Crippen LogP contribution in [0.3, 0.4) is 0 Å². The molecule has 0 amide bonds. The lowest BCUT2D eigenvalue weighted by Gasteiger charge is -2.30. The molecule has 1 aromatic rings. The smallest absolute Gasteiger partial charge is 0.322 e. The zero-order chi connectivity index (χ0) is 17.1. The molecule has 0 N–H and O–H groups in total. The summed E-state index contributed by atoms with van der Waals surface area (Å²) in [6.07, 6.45) is 0.412. The maximum absolute atomic E-state index is 12.5. The first-order valence-corrected chi connectivity index (χ1v) is 10.3. The Balaban J connectivity index is 2.06. The molecule has 1 fully saturated rings. The van der Waals surface area contributed by atoms with Crippen molar-refractivity contribution in [2.45, 2.75) is 23.0 Å². The quantitative estimate of drug-likeness (QED) is 0.705. The van der Waals surface area contributed by atoms with Crippen molar-refractivity contribution in [1.29, 1.82) is 0 Å². The van der Waals surface area contributed by atoms with Gasteiger partial charge in [0.2, 0.25) is 10.0 Å². The number of ether oxygens (including phenoxy) is 1. The van der Waals surface area contributed by atoms with E-state index in [4.69, 9.17) is 0 Å². The fraction of sp³-hybridized carbons (Fsp3) is 0.500. The highest BCUT2D eigenvalue weighted by Gasteiger charge is 2.35. The van der Waals surface area contributed by atoms with Gasteiger partial charge in [0.15, 0.2) is 15.6 Å². The molecule has 1 aromatic carbocycles. The van der Waals surface area contributed by atoms with Crippen LogP contribution in [0.25, 0.3) is 0 Å². The third kappa shape index (κ3) is 4.10. The number of methoxy groups -OCH3 is 1. The number of piperidine rings is 1. The molecular weight excluding hydrogens is 342 g/mol. The van der Waals surface area contributed by atoms with Gasteiger partial charge in [0, 0.05) is 13.1 Å². The van der Waals surface area contributed by atoms with E-state index in [1.54, 1.807) is 18.2 Å². The predicted octanol–water partition coefficient (Wildman–Crippen LogP) is 0.428. The van der Waals surface area contributed by atoms with Gasteiger partial charge in [-0.25, -0.2) is 21.1 Å². The van der Waals surface area contributed by atoms with Gasteiger partial charge in [0.25, 0.3) is 0 Å². The highest BCUT2D eigenvalue weighted by Crippen LogP contribution is 2.25. The summed E-state index contributed by atoms with van der Waals surface area (Å²) in [5.74, 6) is -1.55. The van der Waals surface area contributed by atoms with Crippen LogP contribution in [-0.4, -0.2) is 58.3 Å². The molecule has 1 aliphatic rings. The number of hydrogen-bond donors (Lipinski definition) is 0. The molecule has 0 atom stereocenters. The van der Waals surface area contributed by atoms with Crippen LogP contribution in [0.4, 0.5) is 0 Å². The third-order valence-corrected chi connectivity index (χ3v) is 7.86. The Bertz CT molecular complexity index is 750. The Morgan fingerprint density at radius 3 is 2.22 bits per heavy atom. The average Bonchev–Trinajstić information content (AvgIpc) is 2.55. The van der Waals surface area contributed by atoms with Crippen molar-refractivity contribution >= 4 is 25.8 Å². The maximum atomic E-state index is 12.5. The molecule has 9 heteroatoms. The molecule has 0 unspecified atom stereocenters. The molecule has 7 nitrogen and oxygen atoms in total. The summed E-state index contributed by atoms with van der Waals surface area (Å²) in [5, 5.41) is -0.616. The Labute approximate surface area is 136 Å². The van der Waals surface area contributed by atoms with Gasteiger partial charge in [0.05, 0.1) is 17.3 Å². The SMILES string of the molecule is COC(=O)CS(=O)(=O)N1CCC(S(=O)(=O)c2ccccc2)CC1. The lowest BCUT2D eigenvalue weighted by Crippen LogP contribution is -2.44. The van der Waals surface area contributed by atoms with Crippen molar-refractivity contribution in [3.63, 3.8) is 0 Å². The monoisotopic (exact) mass is 361 g/mol. The van der Waals surface area contributed by atoms with Gasteiger partial charge in [-0.3, -0.25) is 4.79 Å². The molecule has 1 aliphatic heterocycles. The van der Waals surface area contributed by atoms with E-state index in [9.17, 15) is 21.6 Å². The predicted molar refractivity (Wildman–Crippen MR) is 84.0 cm³/mol. The van der Waals surface area contributed by atoms with E-state index in [2.05, 4.69) is 4.74 Å². The van der Waals surface area contributed by atoms with E-state index in [0.717, 1.165) is 11.4 Å². The van der Waals surface area contributed by atoms with Crippen molar-refractivity contribution < 1.29 is 26.4 Å². The van der Waals surface area contributed by atoms with E-state index in [1.807, 2.05) is 0 Å². The fourth-order valence-electron chi connectivity index (χ4n) is 2.52. The second-order valence-corrected chi connectivity index (χ2v) is 9.49. The molecule has 0 saturated carbocycles. The van der Waals surface area contributed by atoms with E-state index in [1.165, 1.54) is 12.1 Å². The number of carbonyl (C=O) groups excluding carboxylic acids is 1. The first-order chi connectivity index (χ1) is 10.8. The number of esters is 1. The maximum Gasteiger partial charge on any atom is 0.322 e. The van der Waals surface area contributed by atoms with Gasteiger partial charge in [-0.2, -0.15) is 0 Å². The number of nitrogens with zero attached hydrogens (tertiary/aromatic N) is 1. The van der Waals surface area contributed by atoms with Crippen LogP contribution < -0.4 is 0 Å². The molecule has 23 heavy (non-hydrogen) atoms.